The second kappa shape index (κ2) is 6.99. The Kier molecular flexibility index (Phi) is 5.03. The number of urea groups is 1. The second-order valence-corrected chi connectivity index (χ2v) is 4.65. The summed E-state index contributed by atoms with van der Waals surface area (Å²) in [5.74, 6) is 0.268. The maximum Gasteiger partial charge on any atom is 0.314 e. The van der Waals surface area contributed by atoms with Gasteiger partial charge in [-0.25, -0.2) is 4.79 Å². The number of para-hydroxylation sites is 1. The summed E-state index contributed by atoms with van der Waals surface area (Å²) in [5, 5.41) is 15.1. The highest BCUT2D eigenvalue weighted by Gasteiger charge is 2.15. The molecular formula is C14H20N2O3. The van der Waals surface area contributed by atoms with E-state index in [-0.39, 0.29) is 17.9 Å². The Balaban J connectivity index is 1.62. The molecule has 0 aliphatic carbocycles. The zero-order chi connectivity index (χ0) is 13.5. The number of carbonyl (C=O) groups excluding carboxylic acids is 1. The molecule has 19 heavy (non-hydrogen) atoms. The molecule has 1 aliphatic rings. The fourth-order valence-corrected chi connectivity index (χ4v) is 2.11. The van der Waals surface area contributed by atoms with E-state index in [1.807, 2.05) is 12.1 Å². The second-order valence-electron chi connectivity index (χ2n) is 4.65. The first kappa shape index (κ1) is 13.7. The number of benzene rings is 1. The zero-order valence-electron chi connectivity index (χ0n) is 10.9. The van der Waals surface area contributed by atoms with Crippen LogP contribution in [0.25, 0.3) is 0 Å². The number of ether oxygens (including phenoxy) is 1. The monoisotopic (exact) mass is 264 g/mol. The van der Waals surface area contributed by atoms with Crippen LogP contribution < -0.4 is 10.6 Å². The van der Waals surface area contributed by atoms with E-state index < -0.39 is 0 Å². The third kappa shape index (κ3) is 4.44. The van der Waals surface area contributed by atoms with E-state index in [4.69, 9.17) is 4.74 Å². The Morgan fingerprint density at radius 3 is 2.95 bits per heavy atom. The SMILES string of the molecule is O=C(NCCc1ccccc1O)NC[C@H]1CCCO1. The van der Waals surface area contributed by atoms with E-state index >= 15 is 0 Å². The molecule has 2 amide bonds. The van der Waals surface area contributed by atoms with Gasteiger partial charge in [-0.3, -0.25) is 0 Å². The van der Waals surface area contributed by atoms with Gasteiger partial charge in [0.05, 0.1) is 6.10 Å². The summed E-state index contributed by atoms with van der Waals surface area (Å²) in [4.78, 5) is 11.5. The number of amides is 2. The Bertz CT molecular complexity index is 417. The van der Waals surface area contributed by atoms with Crippen molar-refractivity contribution in [3.63, 3.8) is 0 Å². The minimum atomic E-state index is -0.189. The zero-order valence-corrected chi connectivity index (χ0v) is 10.9. The van der Waals surface area contributed by atoms with E-state index in [0.29, 0.717) is 19.5 Å². The molecule has 0 radical (unpaired) electrons. The molecule has 0 aromatic heterocycles. The molecule has 1 aromatic rings. The average Bonchev–Trinajstić information content (AvgIpc) is 2.92. The van der Waals surface area contributed by atoms with Gasteiger partial charge >= 0.3 is 6.03 Å². The molecule has 1 saturated heterocycles. The van der Waals surface area contributed by atoms with Crippen LogP contribution in [0.5, 0.6) is 5.75 Å². The molecule has 5 heteroatoms. The number of rotatable bonds is 5. The number of nitrogens with one attached hydrogen (secondary N) is 2. The summed E-state index contributed by atoms with van der Waals surface area (Å²) in [5.41, 5.74) is 0.835. The molecule has 2 rings (SSSR count). The van der Waals surface area contributed by atoms with Gasteiger partial charge in [0.2, 0.25) is 0 Å². The lowest BCUT2D eigenvalue weighted by Crippen LogP contribution is -2.40. The van der Waals surface area contributed by atoms with Crippen LogP contribution in [0.3, 0.4) is 0 Å². The van der Waals surface area contributed by atoms with Crippen LogP contribution in [0.4, 0.5) is 4.79 Å². The highest BCUT2D eigenvalue weighted by Crippen LogP contribution is 2.15. The predicted octanol–water partition coefficient (Wildman–Crippen LogP) is 1.41. The molecule has 1 aromatic carbocycles. The van der Waals surface area contributed by atoms with Crippen molar-refractivity contribution in [3.05, 3.63) is 29.8 Å². The Morgan fingerprint density at radius 2 is 2.21 bits per heavy atom. The van der Waals surface area contributed by atoms with Crippen LogP contribution in [-0.2, 0) is 11.2 Å². The molecule has 1 aliphatic heterocycles. The third-order valence-electron chi connectivity index (χ3n) is 3.19. The number of hydrogen-bond donors (Lipinski definition) is 3. The first-order chi connectivity index (χ1) is 9.25. The molecule has 3 N–H and O–H groups in total. The van der Waals surface area contributed by atoms with Gasteiger partial charge in [0.15, 0.2) is 0 Å². The van der Waals surface area contributed by atoms with Crippen LogP contribution >= 0.6 is 0 Å². The fraction of sp³-hybridized carbons (Fsp3) is 0.500. The maximum absolute atomic E-state index is 11.5. The van der Waals surface area contributed by atoms with Crippen LogP contribution in [0.15, 0.2) is 24.3 Å². The molecule has 104 valence electrons. The topological polar surface area (TPSA) is 70.6 Å². The summed E-state index contributed by atoms with van der Waals surface area (Å²) in [6.07, 6.45) is 2.85. The van der Waals surface area contributed by atoms with Crippen molar-refractivity contribution < 1.29 is 14.6 Å². The van der Waals surface area contributed by atoms with Crippen LogP contribution in [-0.4, -0.2) is 36.9 Å². The molecule has 5 nitrogen and oxygen atoms in total. The quantitative estimate of drug-likeness (QED) is 0.753. The first-order valence-electron chi connectivity index (χ1n) is 6.66. The smallest absolute Gasteiger partial charge is 0.314 e. The van der Waals surface area contributed by atoms with E-state index in [1.165, 1.54) is 0 Å². The molecule has 1 fully saturated rings. The maximum atomic E-state index is 11.5. The van der Waals surface area contributed by atoms with Crippen LogP contribution in [0.1, 0.15) is 18.4 Å². The Morgan fingerprint density at radius 1 is 1.37 bits per heavy atom. The minimum Gasteiger partial charge on any atom is -0.508 e. The lowest BCUT2D eigenvalue weighted by Gasteiger charge is -2.12. The molecule has 1 atom stereocenters. The van der Waals surface area contributed by atoms with Crippen molar-refractivity contribution in [1.82, 2.24) is 10.6 Å². The van der Waals surface area contributed by atoms with Gasteiger partial charge in [-0.05, 0) is 30.9 Å². The summed E-state index contributed by atoms with van der Waals surface area (Å²) < 4.78 is 5.42. The lowest BCUT2D eigenvalue weighted by molar-refractivity contribution is 0.111. The van der Waals surface area contributed by atoms with Gasteiger partial charge in [0.1, 0.15) is 5.75 Å². The van der Waals surface area contributed by atoms with E-state index in [0.717, 1.165) is 25.0 Å². The average molecular weight is 264 g/mol. The lowest BCUT2D eigenvalue weighted by atomic mass is 10.1. The van der Waals surface area contributed by atoms with Crippen molar-refractivity contribution in [1.29, 1.82) is 0 Å². The van der Waals surface area contributed by atoms with E-state index in [2.05, 4.69) is 10.6 Å². The number of hydrogen-bond acceptors (Lipinski definition) is 3. The van der Waals surface area contributed by atoms with Crippen molar-refractivity contribution in [2.75, 3.05) is 19.7 Å². The van der Waals surface area contributed by atoms with Crippen molar-refractivity contribution in [2.24, 2.45) is 0 Å². The Hall–Kier alpha value is -1.75. The molecule has 0 saturated carbocycles. The standard InChI is InChI=1S/C14H20N2O3/c17-13-6-2-1-4-11(13)7-8-15-14(18)16-10-12-5-3-9-19-12/h1-2,4,6,12,17H,3,5,7-10H2,(H2,15,16,18)/t12-/m1/s1. The van der Waals surface area contributed by atoms with Crippen LogP contribution in [0, 0.1) is 0 Å². The van der Waals surface area contributed by atoms with E-state index in [1.54, 1.807) is 12.1 Å². The number of carbonyl (C=O) groups is 1. The summed E-state index contributed by atoms with van der Waals surface area (Å²) in [6, 6.07) is 6.95. The van der Waals surface area contributed by atoms with Gasteiger partial charge in [-0.2, -0.15) is 0 Å². The summed E-state index contributed by atoms with van der Waals surface area (Å²) >= 11 is 0. The molecule has 1 heterocycles. The van der Waals surface area contributed by atoms with Crippen molar-refractivity contribution >= 4 is 6.03 Å². The fourth-order valence-electron chi connectivity index (χ4n) is 2.11. The van der Waals surface area contributed by atoms with Gasteiger partial charge in [0, 0.05) is 19.7 Å². The largest absolute Gasteiger partial charge is 0.508 e. The highest BCUT2D eigenvalue weighted by atomic mass is 16.5. The molecule has 0 unspecified atom stereocenters. The van der Waals surface area contributed by atoms with E-state index in [9.17, 15) is 9.90 Å². The number of phenols is 1. The first-order valence-corrected chi connectivity index (χ1v) is 6.66. The summed E-state index contributed by atoms with van der Waals surface area (Å²) in [7, 11) is 0. The van der Waals surface area contributed by atoms with Crippen LogP contribution in [0.2, 0.25) is 0 Å². The van der Waals surface area contributed by atoms with Crippen molar-refractivity contribution in [2.45, 2.75) is 25.4 Å². The predicted molar refractivity (Wildman–Crippen MR) is 72.2 cm³/mol. The van der Waals surface area contributed by atoms with Gasteiger partial charge in [-0.1, -0.05) is 18.2 Å². The van der Waals surface area contributed by atoms with Gasteiger partial charge in [-0.15, -0.1) is 0 Å². The van der Waals surface area contributed by atoms with Gasteiger partial charge in [0.25, 0.3) is 0 Å². The van der Waals surface area contributed by atoms with Crippen molar-refractivity contribution in [3.8, 4) is 5.75 Å². The normalized spacial score (nSPS) is 18.2. The number of aromatic hydroxyl groups is 1. The number of phenolic OH excluding ortho intramolecular Hbond substituents is 1. The van der Waals surface area contributed by atoms with Gasteiger partial charge < -0.3 is 20.5 Å². The summed E-state index contributed by atoms with van der Waals surface area (Å²) in [6.45, 7) is 1.85. The minimum absolute atomic E-state index is 0.156. The molecule has 0 bridgehead atoms. The third-order valence-corrected chi connectivity index (χ3v) is 3.19. The molecule has 0 spiro atoms. The highest BCUT2D eigenvalue weighted by molar-refractivity contribution is 5.73. The molecular weight excluding hydrogens is 244 g/mol. The Labute approximate surface area is 113 Å².